The van der Waals surface area contributed by atoms with Crippen molar-refractivity contribution in [2.75, 3.05) is 18.0 Å². The number of halogens is 1. The summed E-state index contributed by atoms with van der Waals surface area (Å²) in [5.74, 6) is 0. The number of fused-ring (bicyclic) bond motifs is 1. The molecule has 2 aromatic carbocycles. The van der Waals surface area contributed by atoms with Gasteiger partial charge in [0.25, 0.3) is 0 Å². The van der Waals surface area contributed by atoms with Crippen molar-refractivity contribution >= 4 is 28.2 Å². The summed E-state index contributed by atoms with van der Waals surface area (Å²) in [6.07, 6.45) is 3.88. The quantitative estimate of drug-likeness (QED) is 0.615. The van der Waals surface area contributed by atoms with Gasteiger partial charge in [0, 0.05) is 34.7 Å². The zero-order valence-corrected chi connectivity index (χ0v) is 13.8. The lowest BCUT2D eigenvalue weighted by Crippen LogP contribution is -2.29. The van der Waals surface area contributed by atoms with E-state index >= 15 is 0 Å². The number of benzene rings is 2. The Morgan fingerprint density at radius 1 is 0.870 bits per heavy atom. The van der Waals surface area contributed by atoms with E-state index < -0.39 is 0 Å². The van der Waals surface area contributed by atoms with Crippen molar-refractivity contribution in [1.29, 1.82) is 0 Å². The lowest BCUT2D eigenvalue weighted by molar-refractivity contribution is 0.579. The third-order valence-electron chi connectivity index (χ3n) is 4.53. The molecule has 0 N–H and O–H groups in total. The van der Waals surface area contributed by atoms with E-state index in [1.165, 1.54) is 30.3 Å². The van der Waals surface area contributed by atoms with Crippen molar-refractivity contribution in [2.45, 2.75) is 19.3 Å². The Kier molecular flexibility index (Phi) is 3.92. The lowest BCUT2D eigenvalue weighted by atomic mass is 10.0. The van der Waals surface area contributed by atoms with E-state index in [0.29, 0.717) is 0 Å². The van der Waals surface area contributed by atoms with Crippen LogP contribution in [0, 0.1) is 0 Å². The average molecular weight is 323 g/mol. The van der Waals surface area contributed by atoms with Gasteiger partial charge in [0.15, 0.2) is 0 Å². The number of rotatable bonds is 2. The zero-order chi connectivity index (χ0) is 15.6. The van der Waals surface area contributed by atoms with E-state index in [4.69, 9.17) is 16.6 Å². The minimum Gasteiger partial charge on any atom is -0.371 e. The highest BCUT2D eigenvalue weighted by molar-refractivity contribution is 6.30. The molecule has 0 amide bonds. The Bertz CT molecular complexity index is 821. The largest absolute Gasteiger partial charge is 0.371 e. The number of anilines is 1. The first-order valence-corrected chi connectivity index (χ1v) is 8.60. The number of hydrogen-bond donors (Lipinski definition) is 0. The lowest BCUT2D eigenvalue weighted by Gasteiger charge is -2.30. The van der Waals surface area contributed by atoms with E-state index in [1.54, 1.807) is 0 Å². The maximum atomic E-state index is 6.02. The van der Waals surface area contributed by atoms with Crippen LogP contribution in [-0.4, -0.2) is 18.1 Å². The molecule has 1 aromatic heterocycles. The van der Waals surface area contributed by atoms with E-state index in [2.05, 4.69) is 35.2 Å². The SMILES string of the molecule is Clc1ccc(-c2cc(N3CCCCC3)c3ccccc3n2)cc1. The zero-order valence-electron chi connectivity index (χ0n) is 13.0. The van der Waals surface area contributed by atoms with Crippen molar-refractivity contribution in [2.24, 2.45) is 0 Å². The van der Waals surface area contributed by atoms with Crippen molar-refractivity contribution in [1.82, 2.24) is 4.98 Å². The normalized spacial score (nSPS) is 15.1. The van der Waals surface area contributed by atoms with Crippen LogP contribution in [-0.2, 0) is 0 Å². The van der Waals surface area contributed by atoms with Gasteiger partial charge < -0.3 is 4.90 Å². The molecule has 0 unspecified atom stereocenters. The van der Waals surface area contributed by atoms with Gasteiger partial charge in [-0.25, -0.2) is 4.98 Å². The molecule has 1 aliphatic rings. The molecule has 0 aliphatic carbocycles. The first-order valence-electron chi connectivity index (χ1n) is 8.22. The summed E-state index contributed by atoms with van der Waals surface area (Å²) in [7, 11) is 0. The van der Waals surface area contributed by atoms with Gasteiger partial charge in [-0.05, 0) is 43.5 Å². The van der Waals surface area contributed by atoms with Gasteiger partial charge >= 0.3 is 0 Å². The molecule has 1 aliphatic heterocycles. The molecule has 0 atom stereocenters. The van der Waals surface area contributed by atoms with Crippen LogP contribution in [0.4, 0.5) is 5.69 Å². The van der Waals surface area contributed by atoms with E-state index in [0.717, 1.165) is 34.9 Å². The molecule has 2 nitrogen and oxygen atoms in total. The van der Waals surface area contributed by atoms with Gasteiger partial charge in [-0.15, -0.1) is 0 Å². The average Bonchev–Trinajstić information content (AvgIpc) is 2.62. The van der Waals surface area contributed by atoms with Crippen molar-refractivity contribution < 1.29 is 0 Å². The Labute approximate surface area is 141 Å². The fourth-order valence-electron chi connectivity index (χ4n) is 3.32. The van der Waals surface area contributed by atoms with Crippen LogP contribution < -0.4 is 4.90 Å². The molecule has 23 heavy (non-hydrogen) atoms. The topological polar surface area (TPSA) is 16.1 Å². The molecule has 0 saturated carbocycles. The highest BCUT2D eigenvalue weighted by Crippen LogP contribution is 2.32. The van der Waals surface area contributed by atoms with Crippen LogP contribution in [0.5, 0.6) is 0 Å². The summed E-state index contributed by atoms with van der Waals surface area (Å²) in [5.41, 5.74) is 4.49. The molecular weight excluding hydrogens is 304 g/mol. The Morgan fingerprint density at radius 3 is 2.39 bits per heavy atom. The van der Waals surface area contributed by atoms with Crippen LogP contribution in [0.15, 0.2) is 54.6 Å². The van der Waals surface area contributed by atoms with Crippen molar-refractivity contribution in [3.05, 3.63) is 59.6 Å². The molecule has 3 aromatic rings. The van der Waals surface area contributed by atoms with Crippen LogP contribution in [0.3, 0.4) is 0 Å². The van der Waals surface area contributed by atoms with Gasteiger partial charge in [0.1, 0.15) is 0 Å². The van der Waals surface area contributed by atoms with Gasteiger partial charge in [0.2, 0.25) is 0 Å². The fraction of sp³-hybridized carbons (Fsp3) is 0.250. The first-order chi connectivity index (χ1) is 11.3. The molecule has 0 spiro atoms. The molecule has 0 radical (unpaired) electrons. The number of nitrogens with zero attached hydrogens (tertiary/aromatic N) is 2. The summed E-state index contributed by atoms with van der Waals surface area (Å²) in [6.45, 7) is 2.27. The number of piperidine rings is 1. The van der Waals surface area contributed by atoms with Gasteiger partial charge in [-0.1, -0.05) is 41.9 Å². The second-order valence-electron chi connectivity index (χ2n) is 6.10. The number of para-hydroxylation sites is 1. The third kappa shape index (κ3) is 2.91. The minimum atomic E-state index is 0.755. The second kappa shape index (κ2) is 6.21. The second-order valence-corrected chi connectivity index (χ2v) is 6.53. The molecule has 1 saturated heterocycles. The first kappa shape index (κ1) is 14.5. The molecule has 4 rings (SSSR count). The fourth-order valence-corrected chi connectivity index (χ4v) is 3.45. The smallest absolute Gasteiger partial charge is 0.0730 e. The summed E-state index contributed by atoms with van der Waals surface area (Å²) in [6, 6.07) is 18.6. The standard InChI is InChI=1S/C20H19ClN2/c21-16-10-8-15(9-11-16)19-14-20(23-12-4-1-5-13-23)17-6-2-3-7-18(17)22-19/h2-3,6-11,14H,1,4-5,12-13H2. The van der Waals surface area contributed by atoms with E-state index in [1.807, 2.05) is 24.3 Å². The predicted molar refractivity (Wildman–Crippen MR) is 98.3 cm³/mol. The van der Waals surface area contributed by atoms with Gasteiger partial charge in [-0.3, -0.25) is 0 Å². The van der Waals surface area contributed by atoms with Crippen LogP contribution in [0.25, 0.3) is 22.2 Å². The Morgan fingerprint density at radius 2 is 1.61 bits per heavy atom. The predicted octanol–water partition coefficient (Wildman–Crippen LogP) is 5.55. The summed E-state index contributed by atoms with van der Waals surface area (Å²) in [4.78, 5) is 7.37. The van der Waals surface area contributed by atoms with Gasteiger partial charge in [0.05, 0.1) is 11.2 Å². The summed E-state index contributed by atoms with van der Waals surface area (Å²) in [5, 5.41) is 2.00. The van der Waals surface area contributed by atoms with Crippen molar-refractivity contribution in [3.63, 3.8) is 0 Å². The number of pyridine rings is 1. The maximum Gasteiger partial charge on any atom is 0.0730 e. The highest BCUT2D eigenvalue weighted by Gasteiger charge is 2.15. The molecule has 1 fully saturated rings. The van der Waals surface area contributed by atoms with Crippen LogP contribution in [0.2, 0.25) is 5.02 Å². The summed E-state index contributed by atoms with van der Waals surface area (Å²) < 4.78 is 0. The van der Waals surface area contributed by atoms with E-state index in [9.17, 15) is 0 Å². The van der Waals surface area contributed by atoms with Crippen molar-refractivity contribution in [3.8, 4) is 11.3 Å². The maximum absolute atomic E-state index is 6.02. The molecule has 2 heterocycles. The highest BCUT2D eigenvalue weighted by atomic mass is 35.5. The minimum absolute atomic E-state index is 0.755. The molecule has 116 valence electrons. The molecule has 0 bridgehead atoms. The van der Waals surface area contributed by atoms with Crippen LogP contribution >= 0.6 is 11.6 Å². The monoisotopic (exact) mass is 322 g/mol. The van der Waals surface area contributed by atoms with Gasteiger partial charge in [-0.2, -0.15) is 0 Å². The Balaban J connectivity index is 1.87. The van der Waals surface area contributed by atoms with E-state index in [-0.39, 0.29) is 0 Å². The number of hydrogen-bond acceptors (Lipinski definition) is 2. The number of aromatic nitrogens is 1. The van der Waals surface area contributed by atoms with Crippen LogP contribution in [0.1, 0.15) is 19.3 Å². The third-order valence-corrected chi connectivity index (χ3v) is 4.78. The molecule has 3 heteroatoms. The Hall–Kier alpha value is -2.06. The summed E-state index contributed by atoms with van der Waals surface area (Å²) >= 11 is 6.02. The molecular formula is C20H19ClN2.